The van der Waals surface area contributed by atoms with Crippen molar-refractivity contribution < 1.29 is 22.7 Å². The number of hydrogen-bond donors (Lipinski definition) is 2. The highest BCUT2D eigenvalue weighted by atomic mass is 35.5. The third-order valence-corrected chi connectivity index (χ3v) is 5.13. The van der Waals surface area contributed by atoms with Gasteiger partial charge >= 0.3 is 6.18 Å². The molecule has 0 radical (unpaired) electrons. The van der Waals surface area contributed by atoms with Gasteiger partial charge in [0.2, 0.25) is 5.95 Å². The largest absolute Gasteiger partial charge is 0.434 e. The van der Waals surface area contributed by atoms with Crippen LogP contribution >= 0.6 is 11.6 Å². The van der Waals surface area contributed by atoms with Crippen LogP contribution in [-0.2, 0) is 10.9 Å². The van der Waals surface area contributed by atoms with Crippen molar-refractivity contribution in [3.05, 3.63) is 46.2 Å². The van der Waals surface area contributed by atoms with Crippen molar-refractivity contribution in [1.82, 2.24) is 15.3 Å². The Bertz CT molecular complexity index is 886. The maximum atomic E-state index is 13.5. The molecule has 10 heteroatoms. The molecule has 1 aliphatic heterocycles. The third-order valence-electron chi connectivity index (χ3n) is 4.63. The number of benzene rings is 1. The minimum absolute atomic E-state index is 0.173. The van der Waals surface area contributed by atoms with Gasteiger partial charge < -0.3 is 15.4 Å². The van der Waals surface area contributed by atoms with Gasteiger partial charge in [0.05, 0.1) is 16.3 Å². The van der Waals surface area contributed by atoms with Crippen LogP contribution in [0.15, 0.2) is 24.4 Å². The second-order valence-electron chi connectivity index (χ2n) is 6.78. The van der Waals surface area contributed by atoms with Gasteiger partial charge in [0.1, 0.15) is 0 Å². The van der Waals surface area contributed by atoms with Crippen LogP contribution in [0.25, 0.3) is 0 Å². The molecule has 1 aliphatic rings. The van der Waals surface area contributed by atoms with Gasteiger partial charge in [-0.05, 0) is 37.3 Å². The van der Waals surface area contributed by atoms with Crippen LogP contribution in [0.4, 0.5) is 24.8 Å². The van der Waals surface area contributed by atoms with E-state index in [9.17, 15) is 18.0 Å². The molecule has 0 spiro atoms. The van der Waals surface area contributed by atoms with Crippen molar-refractivity contribution in [2.45, 2.75) is 25.9 Å². The summed E-state index contributed by atoms with van der Waals surface area (Å²) in [6.07, 6.45) is -2.44. The molecule has 156 valence electrons. The number of carbonyl (C=O) groups is 1. The Labute approximate surface area is 170 Å². The molecule has 0 unspecified atom stereocenters. The highest BCUT2D eigenvalue weighted by molar-refractivity contribution is 6.34. The number of nitrogens with zero attached hydrogens (tertiary/aromatic N) is 2. The van der Waals surface area contributed by atoms with Gasteiger partial charge in [0, 0.05) is 26.0 Å². The first-order valence-corrected chi connectivity index (χ1v) is 9.46. The molecule has 1 aromatic heterocycles. The number of alkyl halides is 3. The average Bonchev–Trinajstić information content (AvgIpc) is 2.70. The van der Waals surface area contributed by atoms with Gasteiger partial charge in [-0.15, -0.1) is 0 Å². The lowest BCUT2D eigenvalue weighted by Crippen LogP contribution is -2.33. The monoisotopic (exact) mass is 428 g/mol. The van der Waals surface area contributed by atoms with Gasteiger partial charge in [0.15, 0.2) is 5.69 Å². The molecule has 2 heterocycles. The molecule has 0 aliphatic carbocycles. The zero-order valence-corrected chi connectivity index (χ0v) is 16.4. The molecule has 2 aromatic rings. The quantitative estimate of drug-likeness (QED) is 0.740. The number of aromatic nitrogens is 2. The van der Waals surface area contributed by atoms with E-state index >= 15 is 0 Å². The minimum Gasteiger partial charge on any atom is -0.381 e. The fourth-order valence-corrected chi connectivity index (χ4v) is 3.14. The SMILES string of the molecule is Cc1cccc(Nc2ncc(C(=O)NCC3CCOCC3)c(C(F)(F)F)n2)c1Cl. The summed E-state index contributed by atoms with van der Waals surface area (Å²) in [6.45, 7) is 3.21. The first-order valence-electron chi connectivity index (χ1n) is 9.08. The Morgan fingerprint density at radius 3 is 2.72 bits per heavy atom. The van der Waals surface area contributed by atoms with E-state index in [1.165, 1.54) is 0 Å². The Morgan fingerprint density at radius 2 is 2.03 bits per heavy atom. The van der Waals surface area contributed by atoms with Crippen molar-refractivity contribution in [1.29, 1.82) is 0 Å². The van der Waals surface area contributed by atoms with E-state index in [1.807, 2.05) is 0 Å². The van der Waals surface area contributed by atoms with Crippen molar-refractivity contribution in [3.8, 4) is 0 Å². The van der Waals surface area contributed by atoms with E-state index in [0.29, 0.717) is 23.9 Å². The second kappa shape index (κ2) is 8.96. The summed E-state index contributed by atoms with van der Waals surface area (Å²) in [7, 11) is 0. The molecule has 0 saturated carbocycles. The summed E-state index contributed by atoms with van der Waals surface area (Å²) in [4.78, 5) is 19.8. The minimum atomic E-state index is -4.82. The number of amides is 1. The summed E-state index contributed by atoms with van der Waals surface area (Å²) in [5, 5.41) is 5.58. The van der Waals surface area contributed by atoms with Crippen LogP contribution in [0.3, 0.4) is 0 Å². The number of anilines is 2. The standard InChI is InChI=1S/C19H20ClF3N4O2/c1-11-3-2-4-14(15(11)20)26-18-25-10-13(16(27-18)19(21,22)23)17(28)24-9-12-5-7-29-8-6-12/h2-4,10,12H,5-9H2,1H3,(H,24,28)(H,25,26,27). The van der Waals surface area contributed by atoms with Gasteiger partial charge in [-0.25, -0.2) is 9.97 Å². The smallest absolute Gasteiger partial charge is 0.381 e. The van der Waals surface area contributed by atoms with Gasteiger partial charge in [-0.1, -0.05) is 23.7 Å². The molecule has 3 rings (SSSR count). The Kier molecular flexibility index (Phi) is 6.59. The molecule has 1 amide bonds. The zero-order valence-electron chi connectivity index (χ0n) is 15.6. The van der Waals surface area contributed by atoms with Crippen LogP contribution in [0, 0.1) is 12.8 Å². The Morgan fingerprint density at radius 1 is 1.31 bits per heavy atom. The van der Waals surface area contributed by atoms with E-state index in [4.69, 9.17) is 16.3 Å². The maximum absolute atomic E-state index is 13.5. The lowest BCUT2D eigenvalue weighted by molar-refractivity contribution is -0.141. The fraction of sp³-hybridized carbons (Fsp3) is 0.421. The van der Waals surface area contributed by atoms with Gasteiger partial charge in [-0.2, -0.15) is 13.2 Å². The number of ether oxygens (including phenoxy) is 1. The first-order chi connectivity index (χ1) is 13.8. The van der Waals surface area contributed by atoms with Crippen LogP contribution in [0.1, 0.15) is 34.5 Å². The van der Waals surface area contributed by atoms with Crippen molar-refractivity contribution >= 4 is 29.1 Å². The van der Waals surface area contributed by atoms with Crippen LogP contribution < -0.4 is 10.6 Å². The summed E-state index contributed by atoms with van der Waals surface area (Å²) < 4.78 is 45.8. The lowest BCUT2D eigenvalue weighted by atomic mass is 10.0. The lowest BCUT2D eigenvalue weighted by Gasteiger charge is -2.22. The summed E-state index contributed by atoms with van der Waals surface area (Å²) in [5.74, 6) is -0.984. The number of hydrogen-bond acceptors (Lipinski definition) is 5. The number of rotatable bonds is 5. The van der Waals surface area contributed by atoms with Gasteiger partial charge in [-0.3, -0.25) is 4.79 Å². The fourth-order valence-electron chi connectivity index (χ4n) is 2.97. The molecule has 0 atom stereocenters. The molecule has 6 nitrogen and oxygen atoms in total. The van der Waals surface area contributed by atoms with Crippen molar-refractivity contribution in [2.75, 3.05) is 25.1 Å². The molecular formula is C19H20ClF3N4O2. The molecule has 1 saturated heterocycles. The van der Waals surface area contributed by atoms with Crippen LogP contribution in [0.2, 0.25) is 5.02 Å². The van der Waals surface area contributed by atoms with Crippen LogP contribution in [-0.4, -0.2) is 35.6 Å². The van der Waals surface area contributed by atoms with Gasteiger partial charge in [0.25, 0.3) is 5.91 Å². The number of carbonyl (C=O) groups excluding carboxylic acids is 1. The summed E-state index contributed by atoms with van der Waals surface area (Å²) in [6, 6.07) is 5.06. The number of halogens is 4. The average molecular weight is 429 g/mol. The molecule has 29 heavy (non-hydrogen) atoms. The normalized spacial score (nSPS) is 15.2. The maximum Gasteiger partial charge on any atom is 0.434 e. The molecular weight excluding hydrogens is 409 g/mol. The number of nitrogens with one attached hydrogen (secondary N) is 2. The molecule has 2 N–H and O–H groups in total. The predicted octanol–water partition coefficient (Wildman–Crippen LogP) is 4.36. The predicted molar refractivity (Wildman–Crippen MR) is 102 cm³/mol. The Hall–Kier alpha value is -2.39. The molecule has 1 aromatic carbocycles. The summed E-state index contributed by atoms with van der Waals surface area (Å²) in [5.41, 5.74) is -0.804. The topological polar surface area (TPSA) is 76.1 Å². The summed E-state index contributed by atoms with van der Waals surface area (Å²) >= 11 is 6.16. The number of aryl methyl sites for hydroxylation is 1. The second-order valence-corrected chi connectivity index (χ2v) is 7.16. The molecule has 0 bridgehead atoms. The first kappa shape index (κ1) is 21.3. The van der Waals surface area contributed by atoms with E-state index < -0.39 is 23.3 Å². The highest BCUT2D eigenvalue weighted by Crippen LogP contribution is 2.32. The van der Waals surface area contributed by atoms with E-state index in [0.717, 1.165) is 24.6 Å². The molecule has 1 fully saturated rings. The zero-order chi connectivity index (χ0) is 21.0. The van der Waals surface area contributed by atoms with Crippen LogP contribution in [0.5, 0.6) is 0 Å². The third kappa shape index (κ3) is 5.36. The highest BCUT2D eigenvalue weighted by Gasteiger charge is 2.38. The van der Waals surface area contributed by atoms with Crippen molar-refractivity contribution in [2.24, 2.45) is 5.92 Å². The van der Waals surface area contributed by atoms with Crippen molar-refractivity contribution in [3.63, 3.8) is 0 Å². The van der Waals surface area contributed by atoms with E-state index in [1.54, 1.807) is 25.1 Å². The van der Waals surface area contributed by atoms with E-state index in [-0.39, 0.29) is 18.4 Å². The Balaban J connectivity index is 1.80. The van der Waals surface area contributed by atoms with E-state index in [2.05, 4.69) is 20.6 Å².